The number of hydrogen-bond acceptors (Lipinski definition) is 9. The third-order valence-electron chi connectivity index (χ3n) is 9.03. The van der Waals surface area contributed by atoms with Gasteiger partial charge in [0.05, 0.1) is 21.0 Å². The Kier molecular flexibility index (Phi) is 13.2. The molecule has 1 saturated carbocycles. The molecule has 2 aromatic heterocycles. The number of methoxy groups -OCH3 is 1. The van der Waals surface area contributed by atoms with Crippen molar-refractivity contribution in [2.24, 2.45) is 5.92 Å². The van der Waals surface area contributed by atoms with Crippen LogP contribution in [0, 0.1) is 12.8 Å². The summed E-state index contributed by atoms with van der Waals surface area (Å²) in [7, 11) is 1.66. The number of carbonyl (C=O) groups is 2. The van der Waals surface area contributed by atoms with Gasteiger partial charge in [-0.2, -0.15) is 0 Å². The molecule has 2 fully saturated rings. The molecule has 5 rings (SSSR count). The molecule has 1 saturated heterocycles. The molecule has 11 nitrogen and oxygen atoms in total. The Balaban J connectivity index is 1.35. The van der Waals surface area contributed by atoms with Gasteiger partial charge >= 0.3 is 6.09 Å². The number of nitrogens with zero attached hydrogens (tertiary/aromatic N) is 4. The van der Waals surface area contributed by atoms with E-state index >= 15 is 0 Å². The Hall–Kier alpha value is -3.35. The SMILES string of the molecule is COCCCc1cc(CN(C(=O)[C@@H]2CN(C(=O)OC(C)(C)C)CC[C@@]2(O)c2ccc(OCCOc3c(Cl)cc(C)cc3Cl)nc2)C2CC2)c(Cl)cn1. The molecule has 1 aromatic carbocycles. The van der Waals surface area contributed by atoms with Crippen molar-refractivity contribution in [3.8, 4) is 11.6 Å². The van der Waals surface area contributed by atoms with Gasteiger partial charge in [-0.25, -0.2) is 9.78 Å². The molecule has 14 heteroatoms. The van der Waals surface area contributed by atoms with Crippen molar-refractivity contribution in [2.75, 3.05) is 40.0 Å². The number of aryl methyl sites for hydroxylation is 2. The lowest BCUT2D eigenvalue weighted by molar-refractivity contribution is -0.155. The Morgan fingerprint density at radius 1 is 1.00 bits per heavy atom. The molecular weight excluding hydrogens is 731 g/mol. The number of amides is 2. The van der Waals surface area contributed by atoms with Gasteiger partial charge in [0.25, 0.3) is 0 Å². The van der Waals surface area contributed by atoms with E-state index in [1.807, 2.05) is 13.0 Å². The number of halogens is 3. The van der Waals surface area contributed by atoms with E-state index in [0.717, 1.165) is 36.1 Å². The summed E-state index contributed by atoms with van der Waals surface area (Å²) in [6.07, 6.45) is 5.84. The molecule has 1 aliphatic carbocycles. The van der Waals surface area contributed by atoms with Crippen molar-refractivity contribution in [2.45, 2.75) is 83.6 Å². The number of aliphatic hydroxyl groups is 1. The van der Waals surface area contributed by atoms with Crippen molar-refractivity contribution in [1.82, 2.24) is 19.8 Å². The average Bonchev–Trinajstić information content (AvgIpc) is 3.93. The van der Waals surface area contributed by atoms with E-state index in [9.17, 15) is 14.7 Å². The maximum absolute atomic E-state index is 14.7. The van der Waals surface area contributed by atoms with E-state index in [4.69, 9.17) is 53.8 Å². The van der Waals surface area contributed by atoms with Crippen LogP contribution >= 0.6 is 34.8 Å². The third kappa shape index (κ3) is 10.2. The lowest BCUT2D eigenvalue weighted by atomic mass is 9.75. The van der Waals surface area contributed by atoms with Crippen LogP contribution in [0.3, 0.4) is 0 Å². The number of hydrogen-bond donors (Lipinski definition) is 1. The average molecular weight is 778 g/mol. The quantitative estimate of drug-likeness (QED) is 0.167. The molecule has 52 heavy (non-hydrogen) atoms. The monoisotopic (exact) mass is 776 g/mol. The Morgan fingerprint density at radius 2 is 1.71 bits per heavy atom. The number of aromatic nitrogens is 2. The first-order valence-corrected chi connectivity index (χ1v) is 18.6. The molecule has 0 radical (unpaired) electrons. The highest BCUT2D eigenvalue weighted by molar-refractivity contribution is 6.37. The van der Waals surface area contributed by atoms with Gasteiger partial charge in [-0.1, -0.05) is 34.8 Å². The van der Waals surface area contributed by atoms with Gasteiger partial charge in [0.1, 0.15) is 24.4 Å². The van der Waals surface area contributed by atoms with Gasteiger partial charge in [-0.05, 0) is 95.2 Å². The zero-order valence-electron chi connectivity index (χ0n) is 30.3. The number of carbonyl (C=O) groups excluding carboxylic acids is 2. The van der Waals surface area contributed by atoms with Gasteiger partial charge in [-0.3, -0.25) is 9.78 Å². The molecule has 3 aromatic rings. The van der Waals surface area contributed by atoms with Crippen LogP contribution in [-0.2, 0) is 32.8 Å². The van der Waals surface area contributed by atoms with Crippen LogP contribution in [0.4, 0.5) is 4.79 Å². The summed E-state index contributed by atoms with van der Waals surface area (Å²) in [6.45, 7) is 8.58. The Morgan fingerprint density at radius 3 is 2.35 bits per heavy atom. The first-order chi connectivity index (χ1) is 24.7. The summed E-state index contributed by atoms with van der Waals surface area (Å²) in [5.74, 6) is -0.607. The topological polar surface area (TPSA) is 124 Å². The number of benzene rings is 1. The second-order valence-electron chi connectivity index (χ2n) is 14.4. The smallest absolute Gasteiger partial charge is 0.410 e. The van der Waals surface area contributed by atoms with Crippen LogP contribution in [-0.4, -0.2) is 88.5 Å². The highest BCUT2D eigenvalue weighted by Crippen LogP contribution is 2.42. The van der Waals surface area contributed by atoms with E-state index in [2.05, 4.69) is 9.97 Å². The minimum atomic E-state index is -1.64. The summed E-state index contributed by atoms with van der Waals surface area (Å²) >= 11 is 19.2. The van der Waals surface area contributed by atoms with E-state index in [0.29, 0.717) is 45.3 Å². The van der Waals surface area contributed by atoms with E-state index in [1.165, 1.54) is 11.1 Å². The van der Waals surface area contributed by atoms with Gasteiger partial charge in [-0.15, -0.1) is 0 Å². The molecule has 2 amide bonds. The normalized spacial score (nSPS) is 18.9. The number of pyridine rings is 2. The molecule has 1 N–H and O–H groups in total. The molecule has 2 aliphatic rings. The van der Waals surface area contributed by atoms with E-state index in [1.54, 1.807) is 63.2 Å². The highest BCUT2D eigenvalue weighted by Gasteiger charge is 2.51. The van der Waals surface area contributed by atoms with E-state index < -0.39 is 23.2 Å². The highest BCUT2D eigenvalue weighted by atomic mass is 35.5. The van der Waals surface area contributed by atoms with Gasteiger partial charge < -0.3 is 33.9 Å². The van der Waals surface area contributed by atoms with Crippen molar-refractivity contribution in [1.29, 1.82) is 0 Å². The predicted octanol–water partition coefficient (Wildman–Crippen LogP) is 7.42. The molecule has 0 bridgehead atoms. The number of ether oxygens (including phenoxy) is 4. The first-order valence-electron chi connectivity index (χ1n) is 17.5. The molecule has 282 valence electrons. The molecule has 0 unspecified atom stereocenters. The second kappa shape index (κ2) is 17.2. The third-order valence-corrected chi connectivity index (χ3v) is 9.94. The largest absolute Gasteiger partial charge is 0.487 e. The molecular formula is C38H47Cl3N4O7. The fraction of sp³-hybridized carbons (Fsp3) is 0.526. The fourth-order valence-corrected chi connectivity index (χ4v) is 7.11. The summed E-state index contributed by atoms with van der Waals surface area (Å²) in [5, 5.41) is 13.7. The zero-order chi connectivity index (χ0) is 37.6. The van der Waals surface area contributed by atoms with Crippen molar-refractivity contribution in [3.05, 3.63) is 80.2 Å². The van der Waals surface area contributed by atoms with Crippen molar-refractivity contribution < 1.29 is 33.6 Å². The molecule has 3 heterocycles. The number of likely N-dealkylation sites (tertiary alicyclic amines) is 1. The standard InChI is InChI=1S/C38H47Cl3N4O7/c1-24-17-30(39)34(31(40)18-24)51-16-15-50-33-11-8-26(20-43-33)38(48)12-13-44(36(47)52-37(2,3)4)23-29(38)35(46)45(28-9-10-28)22-25-19-27(7-6-14-49-5)42-21-32(25)41/h8,11,17-21,28-29,48H,6-7,9-10,12-16,22-23H2,1-5H3/t29-,38+/m0/s1. The number of piperidine rings is 1. The maximum Gasteiger partial charge on any atom is 0.410 e. The summed E-state index contributed by atoms with van der Waals surface area (Å²) in [6, 6.07) is 8.79. The van der Waals surface area contributed by atoms with Crippen LogP contribution < -0.4 is 9.47 Å². The lowest BCUT2D eigenvalue weighted by Gasteiger charge is -2.45. The molecule has 1 aliphatic heterocycles. The van der Waals surface area contributed by atoms with Crippen LogP contribution in [0.15, 0.2) is 42.7 Å². The minimum absolute atomic E-state index is 0.0179. The van der Waals surface area contributed by atoms with Crippen LogP contribution in [0.1, 0.15) is 68.8 Å². The molecule has 2 atom stereocenters. The maximum atomic E-state index is 14.7. The van der Waals surface area contributed by atoms with Gasteiger partial charge in [0, 0.05) is 69.1 Å². The Bertz CT molecular complexity index is 1690. The van der Waals surface area contributed by atoms with E-state index in [-0.39, 0.29) is 51.2 Å². The summed E-state index contributed by atoms with van der Waals surface area (Å²) in [4.78, 5) is 40.1. The summed E-state index contributed by atoms with van der Waals surface area (Å²) < 4.78 is 22.4. The fourth-order valence-electron chi connectivity index (χ4n) is 6.24. The lowest BCUT2D eigenvalue weighted by Crippen LogP contribution is -2.58. The Labute approximate surface area is 320 Å². The van der Waals surface area contributed by atoms with Crippen molar-refractivity contribution in [3.63, 3.8) is 0 Å². The zero-order valence-corrected chi connectivity index (χ0v) is 32.6. The van der Waals surface area contributed by atoms with Crippen molar-refractivity contribution >= 4 is 46.8 Å². The second-order valence-corrected chi connectivity index (χ2v) is 15.6. The van der Waals surface area contributed by atoms with Crippen LogP contribution in [0.2, 0.25) is 15.1 Å². The van der Waals surface area contributed by atoms with Gasteiger partial charge in [0.2, 0.25) is 11.8 Å². The first kappa shape index (κ1) is 39.8. The van der Waals surface area contributed by atoms with Crippen LogP contribution in [0.5, 0.6) is 11.6 Å². The number of rotatable bonds is 14. The predicted molar refractivity (Wildman–Crippen MR) is 199 cm³/mol. The van der Waals surface area contributed by atoms with Gasteiger partial charge in [0.15, 0.2) is 5.75 Å². The summed E-state index contributed by atoms with van der Waals surface area (Å²) in [5.41, 5.74) is 0.621. The minimum Gasteiger partial charge on any atom is -0.487 e. The molecule has 0 spiro atoms. The van der Waals surface area contributed by atoms with Crippen LogP contribution in [0.25, 0.3) is 0 Å².